The highest BCUT2D eigenvalue weighted by molar-refractivity contribution is 5.88. The summed E-state index contributed by atoms with van der Waals surface area (Å²) in [7, 11) is 1.67. The first kappa shape index (κ1) is 18.3. The molecule has 1 saturated heterocycles. The molecule has 1 aromatic rings. The minimum atomic E-state index is 0.145. The number of amides is 1. The lowest BCUT2D eigenvalue weighted by Crippen LogP contribution is -2.34. The summed E-state index contributed by atoms with van der Waals surface area (Å²) in [6.45, 7) is 3.99. The number of carbonyl (C=O) groups excluding carboxylic acids is 1. The molecule has 0 aliphatic carbocycles. The van der Waals surface area contributed by atoms with Crippen molar-refractivity contribution >= 4 is 12.0 Å². The molecule has 1 aromatic carbocycles. The number of benzene rings is 1. The highest BCUT2D eigenvalue weighted by atomic mass is 16.5. The number of allylic oxidation sites excluding steroid dienone is 2. The van der Waals surface area contributed by atoms with Gasteiger partial charge in [-0.15, -0.1) is 0 Å². The van der Waals surface area contributed by atoms with Crippen molar-refractivity contribution in [2.24, 2.45) is 0 Å². The zero-order valence-electron chi connectivity index (χ0n) is 15.0. The van der Waals surface area contributed by atoms with E-state index in [1.807, 2.05) is 35.2 Å². The molecule has 3 heteroatoms. The third kappa shape index (κ3) is 5.88. The monoisotopic (exact) mass is 327 g/mol. The summed E-state index contributed by atoms with van der Waals surface area (Å²) in [6.07, 6.45) is 12.7. The molecule has 3 nitrogen and oxygen atoms in total. The van der Waals surface area contributed by atoms with Crippen LogP contribution in [0.2, 0.25) is 0 Å². The predicted molar refractivity (Wildman–Crippen MR) is 100 cm³/mol. The second-order valence-electron chi connectivity index (χ2n) is 6.32. The maximum Gasteiger partial charge on any atom is 0.246 e. The van der Waals surface area contributed by atoms with Crippen LogP contribution < -0.4 is 4.74 Å². The minimum absolute atomic E-state index is 0.145. The summed E-state index contributed by atoms with van der Waals surface area (Å²) >= 11 is 0. The highest BCUT2D eigenvalue weighted by Crippen LogP contribution is 2.18. The molecule has 0 spiro atoms. The topological polar surface area (TPSA) is 29.5 Å². The standard InChI is InChI=1S/C21H29NO2/c1-3-4-8-18(17-19-9-12-20(24-2)13-10-19)11-14-21(23)22-15-6-5-7-16-22/h9-14,17H,3-8,15-16H2,1-2H3. The van der Waals surface area contributed by atoms with E-state index in [-0.39, 0.29) is 5.91 Å². The van der Waals surface area contributed by atoms with Gasteiger partial charge in [0.15, 0.2) is 0 Å². The maximum atomic E-state index is 12.3. The number of hydrogen-bond acceptors (Lipinski definition) is 2. The van der Waals surface area contributed by atoms with Crippen LogP contribution in [0.1, 0.15) is 51.0 Å². The average Bonchev–Trinajstić information content (AvgIpc) is 2.65. The van der Waals surface area contributed by atoms with Crippen molar-refractivity contribution in [2.75, 3.05) is 20.2 Å². The van der Waals surface area contributed by atoms with Crippen LogP contribution in [0, 0.1) is 0 Å². The molecule has 0 bridgehead atoms. The molecule has 0 atom stereocenters. The van der Waals surface area contributed by atoms with E-state index in [2.05, 4.69) is 13.0 Å². The van der Waals surface area contributed by atoms with Crippen LogP contribution >= 0.6 is 0 Å². The Labute approximate surface area is 146 Å². The normalized spacial score (nSPS) is 15.8. The number of rotatable bonds is 7. The van der Waals surface area contributed by atoms with E-state index >= 15 is 0 Å². The molecule has 1 aliphatic rings. The lowest BCUT2D eigenvalue weighted by Gasteiger charge is -2.25. The molecule has 0 unspecified atom stereocenters. The molecule has 2 rings (SSSR count). The van der Waals surface area contributed by atoms with Gasteiger partial charge in [-0.25, -0.2) is 0 Å². The van der Waals surface area contributed by atoms with Gasteiger partial charge in [0.1, 0.15) is 5.75 Å². The molecular weight excluding hydrogens is 298 g/mol. The van der Waals surface area contributed by atoms with Crippen molar-refractivity contribution in [1.29, 1.82) is 0 Å². The number of methoxy groups -OCH3 is 1. The van der Waals surface area contributed by atoms with Gasteiger partial charge in [0, 0.05) is 19.2 Å². The van der Waals surface area contributed by atoms with Gasteiger partial charge in [-0.1, -0.05) is 37.6 Å². The maximum absolute atomic E-state index is 12.3. The number of hydrogen-bond donors (Lipinski definition) is 0. The third-order valence-corrected chi connectivity index (χ3v) is 4.39. The first-order valence-corrected chi connectivity index (χ1v) is 9.04. The Hall–Kier alpha value is -2.03. The fraction of sp³-hybridized carbons (Fsp3) is 0.476. The zero-order valence-corrected chi connectivity index (χ0v) is 15.0. The quantitative estimate of drug-likeness (QED) is 0.530. The summed E-state index contributed by atoms with van der Waals surface area (Å²) < 4.78 is 5.20. The lowest BCUT2D eigenvalue weighted by atomic mass is 10.0. The largest absolute Gasteiger partial charge is 0.497 e. The van der Waals surface area contributed by atoms with Crippen molar-refractivity contribution in [3.8, 4) is 5.75 Å². The van der Waals surface area contributed by atoms with E-state index in [9.17, 15) is 4.79 Å². The second-order valence-corrected chi connectivity index (χ2v) is 6.32. The number of likely N-dealkylation sites (tertiary alicyclic amines) is 1. The molecule has 1 heterocycles. The Bertz CT molecular complexity index is 566. The average molecular weight is 327 g/mol. The summed E-state index contributed by atoms with van der Waals surface area (Å²) in [5.41, 5.74) is 2.34. The number of carbonyl (C=O) groups is 1. The van der Waals surface area contributed by atoms with E-state index in [4.69, 9.17) is 4.74 Å². The molecule has 0 aromatic heterocycles. The molecule has 0 saturated carbocycles. The molecule has 1 fully saturated rings. The Morgan fingerprint density at radius 3 is 2.46 bits per heavy atom. The van der Waals surface area contributed by atoms with E-state index in [0.29, 0.717) is 0 Å². The summed E-state index contributed by atoms with van der Waals surface area (Å²) in [6, 6.07) is 8.02. The third-order valence-electron chi connectivity index (χ3n) is 4.39. The van der Waals surface area contributed by atoms with Crippen LogP contribution in [-0.2, 0) is 4.79 Å². The fourth-order valence-corrected chi connectivity index (χ4v) is 2.90. The van der Waals surface area contributed by atoms with Gasteiger partial charge in [-0.2, -0.15) is 0 Å². The van der Waals surface area contributed by atoms with Gasteiger partial charge in [-0.3, -0.25) is 4.79 Å². The van der Waals surface area contributed by atoms with Gasteiger partial charge in [0.05, 0.1) is 7.11 Å². The van der Waals surface area contributed by atoms with Crippen LogP contribution in [0.25, 0.3) is 6.08 Å². The lowest BCUT2D eigenvalue weighted by molar-refractivity contribution is -0.126. The molecule has 130 valence electrons. The second kappa shape index (κ2) is 9.96. The van der Waals surface area contributed by atoms with Crippen LogP contribution in [0.3, 0.4) is 0 Å². The number of unbranched alkanes of at least 4 members (excludes halogenated alkanes) is 1. The van der Waals surface area contributed by atoms with Gasteiger partial charge in [-0.05, 0) is 55.4 Å². The van der Waals surface area contributed by atoms with Crippen LogP contribution in [0.15, 0.2) is 42.0 Å². The Balaban J connectivity index is 2.06. The van der Waals surface area contributed by atoms with Crippen LogP contribution in [0.5, 0.6) is 5.75 Å². The first-order chi connectivity index (χ1) is 11.7. The van der Waals surface area contributed by atoms with Crippen molar-refractivity contribution < 1.29 is 9.53 Å². The minimum Gasteiger partial charge on any atom is -0.497 e. The predicted octanol–water partition coefficient (Wildman–Crippen LogP) is 4.84. The Kier molecular flexibility index (Phi) is 7.60. The number of nitrogens with zero attached hydrogens (tertiary/aromatic N) is 1. The summed E-state index contributed by atoms with van der Waals surface area (Å²) in [5.74, 6) is 1.00. The molecule has 1 aliphatic heterocycles. The summed E-state index contributed by atoms with van der Waals surface area (Å²) in [4.78, 5) is 14.3. The van der Waals surface area contributed by atoms with Crippen molar-refractivity contribution in [3.63, 3.8) is 0 Å². The van der Waals surface area contributed by atoms with E-state index < -0.39 is 0 Å². The first-order valence-electron chi connectivity index (χ1n) is 9.04. The molecular formula is C21H29NO2. The van der Waals surface area contributed by atoms with Gasteiger partial charge < -0.3 is 9.64 Å². The van der Waals surface area contributed by atoms with E-state index in [1.54, 1.807) is 13.2 Å². The van der Waals surface area contributed by atoms with E-state index in [0.717, 1.165) is 56.5 Å². The Morgan fingerprint density at radius 2 is 1.83 bits per heavy atom. The van der Waals surface area contributed by atoms with E-state index in [1.165, 1.54) is 12.0 Å². The van der Waals surface area contributed by atoms with Gasteiger partial charge >= 0.3 is 0 Å². The Morgan fingerprint density at radius 1 is 1.12 bits per heavy atom. The molecule has 0 N–H and O–H groups in total. The number of ether oxygens (including phenoxy) is 1. The molecule has 24 heavy (non-hydrogen) atoms. The summed E-state index contributed by atoms with van der Waals surface area (Å²) in [5, 5.41) is 0. The number of piperidine rings is 1. The van der Waals surface area contributed by atoms with Gasteiger partial charge in [0.25, 0.3) is 0 Å². The van der Waals surface area contributed by atoms with Crippen LogP contribution in [-0.4, -0.2) is 31.0 Å². The van der Waals surface area contributed by atoms with Crippen molar-refractivity contribution in [1.82, 2.24) is 4.90 Å². The van der Waals surface area contributed by atoms with Crippen LogP contribution in [0.4, 0.5) is 0 Å². The SMILES string of the molecule is CCCCC(C=CC(=O)N1CCCCC1)=Cc1ccc(OC)cc1. The highest BCUT2D eigenvalue weighted by Gasteiger charge is 2.13. The fourth-order valence-electron chi connectivity index (χ4n) is 2.90. The van der Waals surface area contributed by atoms with Crippen molar-refractivity contribution in [3.05, 3.63) is 47.6 Å². The molecule has 0 radical (unpaired) electrons. The van der Waals surface area contributed by atoms with Gasteiger partial charge in [0.2, 0.25) is 5.91 Å². The zero-order chi connectivity index (χ0) is 17.2. The smallest absolute Gasteiger partial charge is 0.246 e. The molecule has 1 amide bonds. The van der Waals surface area contributed by atoms with Crippen molar-refractivity contribution in [2.45, 2.75) is 45.4 Å².